The Balaban J connectivity index is 1.24. The molecule has 4 rings (SSSR count). The van der Waals surface area contributed by atoms with Crippen molar-refractivity contribution in [3.05, 3.63) is 125 Å². The quantitative estimate of drug-likeness (QED) is 0.117. The summed E-state index contributed by atoms with van der Waals surface area (Å²) >= 11 is 7.57. The number of sulfonamides is 1. The number of nitrogens with one attached hydrogen (secondary N) is 3. The molecule has 41 heavy (non-hydrogen) atoms. The van der Waals surface area contributed by atoms with Gasteiger partial charge in [-0.3, -0.25) is 25.2 Å². The van der Waals surface area contributed by atoms with Gasteiger partial charge < -0.3 is 4.74 Å². The van der Waals surface area contributed by atoms with E-state index in [0.29, 0.717) is 27.6 Å². The third-order valence-corrected chi connectivity index (χ3v) is 8.43. The number of amides is 2. The van der Waals surface area contributed by atoms with Crippen LogP contribution in [0.5, 0.6) is 5.75 Å². The van der Waals surface area contributed by atoms with Crippen LogP contribution in [0.3, 0.4) is 0 Å². The standard InChI is InChI=1S/C30H26ClN3O5S2/c1-39-26-13-11-25(12-14-26)34-41(37,38)28-17-4-21(5-18-28)6-19-29(35)32-33-30(36)23-7-2-22(3-8-23)20-40-27-15-9-24(31)10-16-27/h2-19,34H,20H2,1H3,(H,32,35)(H,33,36). The number of hydrazine groups is 1. The fourth-order valence-electron chi connectivity index (χ4n) is 3.49. The van der Waals surface area contributed by atoms with Crippen LogP contribution in [-0.4, -0.2) is 27.3 Å². The summed E-state index contributed by atoms with van der Waals surface area (Å²) in [5, 5.41) is 0.689. The van der Waals surface area contributed by atoms with Gasteiger partial charge in [-0.25, -0.2) is 8.42 Å². The zero-order chi connectivity index (χ0) is 29.2. The average Bonchev–Trinajstić information content (AvgIpc) is 2.99. The molecule has 0 heterocycles. The summed E-state index contributed by atoms with van der Waals surface area (Å²) in [5.74, 6) is 0.342. The highest BCUT2D eigenvalue weighted by Crippen LogP contribution is 2.24. The van der Waals surface area contributed by atoms with Crippen LogP contribution in [0, 0.1) is 0 Å². The number of carbonyl (C=O) groups is 2. The van der Waals surface area contributed by atoms with Crippen molar-refractivity contribution in [2.45, 2.75) is 15.5 Å². The molecule has 0 unspecified atom stereocenters. The highest BCUT2D eigenvalue weighted by molar-refractivity contribution is 7.98. The Bertz CT molecular complexity index is 1620. The molecule has 0 aliphatic rings. The van der Waals surface area contributed by atoms with Crippen molar-refractivity contribution in [3.63, 3.8) is 0 Å². The zero-order valence-corrected chi connectivity index (χ0v) is 24.2. The van der Waals surface area contributed by atoms with E-state index in [1.165, 1.54) is 31.4 Å². The van der Waals surface area contributed by atoms with Gasteiger partial charge in [0, 0.05) is 33.0 Å². The predicted octanol–water partition coefficient (Wildman–Crippen LogP) is 5.92. The lowest BCUT2D eigenvalue weighted by Crippen LogP contribution is -2.40. The molecule has 8 nitrogen and oxygen atoms in total. The first-order chi connectivity index (χ1) is 19.7. The molecule has 0 aliphatic carbocycles. The summed E-state index contributed by atoms with van der Waals surface area (Å²) in [6.45, 7) is 0. The van der Waals surface area contributed by atoms with Crippen LogP contribution >= 0.6 is 23.4 Å². The van der Waals surface area contributed by atoms with Gasteiger partial charge in [0.05, 0.1) is 12.0 Å². The number of ether oxygens (including phenoxy) is 1. The molecule has 0 spiro atoms. The minimum atomic E-state index is -3.79. The number of hydrogen-bond donors (Lipinski definition) is 3. The average molecular weight is 608 g/mol. The van der Waals surface area contributed by atoms with Gasteiger partial charge in [0.15, 0.2) is 0 Å². The Morgan fingerprint density at radius 1 is 0.854 bits per heavy atom. The van der Waals surface area contributed by atoms with Crippen LogP contribution in [0.15, 0.2) is 113 Å². The van der Waals surface area contributed by atoms with Gasteiger partial charge in [0.25, 0.3) is 21.8 Å². The topological polar surface area (TPSA) is 114 Å². The maximum Gasteiger partial charge on any atom is 0.269 e. The number of hydrogen-bond acceptors (Lipinski definition) is 6. The second kappa shape index (κ2) is 13.9. The maximum atomic E-state index is 12.6. The van der Waals surface area contributed by atoms with E-state index in [4.69, 9.17) is 16.3 Å². The van der Waals surface area contributed by atoms with Gasteiger partial charge in [0.2, 0.25) is 0 Å². The number of thioether (sulfide) groups is 1. The first-order valence-corrected chi connectivity index (χ1v) is 15.1. The Hall–Kier alpha value is -4.25. The van der Waals surface area contributed by atoms with E-state index in [9.17, 15) is 18.0 Å². The molecule has 4 aromatic carbocycles. The van der Waals surface area contributed by atoms with E-state index in [1.807, 2.05) is 36.4 Å². The lowest BCUT2D eigenvalue weighted by atomic mass is 10.1. The van der Waals surface area contributed by atoms with Gasteiger partial charge >= 0.3 is 0 Å². The van der Waals surface area contributed by atoms with Crippen molar-refractivity contribution in [2.75, 3.05) is 11.8 Å². The van der Waals surface area contributed by atoms with Crippen LogP contribution in [0.4, 0.5) is 5.69 Å². The summed E-state index contributed by atoms with van der Waals surface area (Å²) in [5.41, 5.74) is 7.15. The Morgan fingerprint density at radius 2 is 1.51 bits per heavy atom. The second-order valence-electron chi connectivity index (χ2n) is 8.62. The van der Waals surface area contributed by atoms with Crippen molar-refractivity contribution in [1.29, 1.82) is 0 Å². The minimum Gasteiger partial charge on any atom is -0.497 e. The highest BCUT2D eigenvalue weighted by atomic mass is 35.5. The molecule has 210 valence electrons. The summed E-state index contributed by atoms with van der Waals surface area (Å²) in [6.07, 6.45) is 2.73. The van der Waals surface area contributed by atoms with Crippen molar-refractivity contribution >= 4 is 57.0 Å². The van der Waals surface area contributed by atoms with E-state index < -0.39 is 21.8 Å². The smallest absolute Gasteiger partial charge is 0.269 e. The van der Waals surface area contributed by atoms with Crippen molar-refractivity contribution in [2.24, 2.45) is 0 Å². The molecule has 11 heteroatoms. The van der Waals surface area contributed by atoms with Crippen molar-refractivity contribution in [1.82, 2.24) is 10.9 Å². The zero-order valence-electron chi connectivity index (χ0n) is 21.8. The number of methoxy groups -OCH3 is 1. The molecule has 4 aromatic rings. The van der Waals surface area contributed by atoms with Crippen molar-refractivity contribution < 1.29 is 22.7 Å². The Kier molecular flexibility index (Phi) is 10.1. The summed E-state index contributed by atoms with van der Waals surface area (Å²) in [7, 11) is -2.27. The number of halogens is 1. The fraction of sp³-hybridized carbons (Fsp3) is 0.0667. The molecule has 0 aromatic heterocycles. The number of benzene rings is 4. The lowest BCUT2D eigenvalue weighted by molar-refractivity contribution is -0.117. The normalized spacial score (nSPS) is 11.2. The lowest BCUT2D eigenvalue weighted by Gasteiger charge is -2.09. The van der Waals surface area contributed by atoms with E-state index >= 15 is 0 Å². The van der Waals surface area contributed by atoms with Crippen LogP contribution in [0.25, 0.3) is 6.08 Å². The summed E-state index contributed by atoms with van der Waals surface area (Å²) < 4.78 is 32.9. The number of rotatable bonds is 10. The molecule has 0 saturated heterocycles. The van der Waals surface area contributed by atoms with Gasteiger partial charge in [-0.1, -0.05) is 35.9 Å². The van der Waals surface area contributed by atoms with Crippen LogP contribution in [0.1, 0.15) is 21.5 Å². The van der Waals surface area contributed by atoms with E-state index in [1.54, 1.807) is 60.3 Å². The highest BCUT2D eigenvalue weighted by Gasteiger charge is 2.14. The van der Waals surface area contributed by atoms with Gasteiger partial charge in [-0.05, 0) is 90.0 Å². The molecular weight excluding hydrogens is 582 g/mol. The third kappa shape index (κ3) is 8.87. The van der Waals surface area contributed by atoms with Gasteiger partial charge in [-0.2, -0.15) is 0 Å². The summed E-state index contributed by atoms with van der Waals surface area (Å²) in [4.78, 5) is 25.7. The molecular formula is C30H26ClN3O5S2. The molecule has 0 bridgehead atoms. The first-order valence-electron chi connectivity index (χ1n) is 12.2. The molecule has 0 aliphatic heterocycles. The fourth-order valence-corrected chi connectivity index (χ4v) is 5.52. The molecule has 0 fully saturated rings. The molecule has 0 radical (unpaired) electrons. The molecule has 0 atom stereocenters. The summed E-state index contributed by atoms with van der Waals surface area (Å²) in [6, 6.07) is 27.2. The van der Waals surface area contributed by atoms with E-state index in [-0.39, 0.29) is 4.90 Å². The molecule has 2 amide bonds. The Morgan fingerprint density at radius 3 is 2.15 bits per heavy atom. The maximum absolute atomic E-state index is 12.6. The number of carbonyl (C=O) groups excluding carboxylic acids is 2. The largest absolute Gasteiger partial charge is 0.497 e. The Labute approximate surface area is 247 Å². The minimum absolute atomic E-state index is 0.0665. The van der Waals surface area contributed by atoms with Crippen molar-refractivity contribution in [3.8, 4) is 5.75 Å². The van der Waals surface area contributed by atoms with Crippen LogP contribution < -0.4 is 20.3 Å². The van der Waals surface area contributed by atoms with E-state index in [2.05, 4.69) is 15.6 Å². The SMILES string of the molecule is COc1ccc(NS(=O)(=O)c2ccc(C=CC(=O)NNC(=O)c3ccc(CSc4ccc(Cl)cc4)cc3)cc2)cc1. The second-order valence-corrected chi connectivity index (χ2v) is 11.8. The van der Waals surface area contributed by atoms with Gasteiger partial charge in [-0.15, -0.1) is 11.8 Å². The predicted molar refractivity (Wildman–Crippen MR) is 162 cm³/mol. The molecule has 3 N–H and O–H groups in total. The molecule has 0 saturated carbocycles. The third-order valence-electron chi connectivity index (χ3n) is 5.69. The number of anilines is 1. The van der Waals surface area contributed by atoms with E-state index in [0.717, 1.165) is 16.2 Å². The van der Waals surface area contributed by atoms with Crippen LogP contribution in [-0.2, 0) is 20.6 Å². The van der Waals surface area contributed by atoms with Crippen LogP contribution in [0.2, 0.25) is 5.02 Å². The monoisotopic (exact) mass is 607 g/mol. The first kappa shape index (κ1) is 29.7. The van der Waals surface area contributed by atoms with Gasteiger partial charge in [0.1, 0.15) is 5.75 Å².